The maximum absolute atomic E-state index is 5.34. The van der Waals surface area contributed by atoms with E-state index in [-0.39, 0.29) is 5.41 Å². The molecule has 0 aromatic carbocycles. The minimum atomic E-state index is 0.148. The zero-order chi connectivity index (χ0) is 11.6. The van der Waals surface area contributed by atoms with E-state index in [1.165, 1.54) is 18.5 Å². The van der Waals surface area contributed by atoms with Gasteiger partial charge in [0.15, 0.2) is 4.77 Å². The van der Waals surface area contributed by atoms with Gasteiger partial charge in [0.1, 0.15) is 0 Å². The Hall–Kier alpha value is -0.570. The summed E-state index contributed by atoms with van der Waals surface area (Å²) < 4.78 is 3.11. The number of imidazole rings is 1. The van der Waals surface area contributed by atoms with Crippen molar-refractivity contribution in [2.75, 3.05) is 0 Å². The van der Waals surface area contributed by atoms with Crippen LogP contribution in [0.1, 0.15) is 59.2 Å². The lowest BCUT2D eigenvalue weighted by Crippen LogP contribution is -2.19. The Morgan fingerprint density at radius 3 is 2.53 bits per heavy atom. The first-order valence-corrected chi connectivity index (χ1v) is 6.09. The Bertz CT molecular complexity index is 368. The maximum Gasteiger partial charge on any atom is 0.177 e. The van der Waals surface area contributed by atoms with Gasteiger partial charge in [-0.3, -0.25) is 0 Å². The maximum atomic E-state index is 5.34. The summed E-state index contributed by atoms with van der Waals surface area (Å²) in [6.45, 7) is 11.1. The van der Waals surface area contributed by atoms with Gasteiger partial charge >= 0.3 is 0 Å². The highest BCUT2D eigenvalue weighted by molar-refractivity contribution is 7.71. The second kappa shape index (κ2) is 4.52. The van der Waals surface area contributed by atoms with Crippen molar-refractivity contribution in [1.29, 1.82) is 0 Å². The molecule has 0 fully saturated rings. The van der Waals surface area contributed by atoms with E-state index in [4.69, 9.17) is 12.2 Å². The molecule has 1 heterocycles. The molecule has 0 saturated carbocycles. The molecule has 3 heteroatoms. The highest BCUT2D eigenvalue weighted by atomic mass is 32.1. The molecule has 2 nitrogen and oxygen atoms in total. The van der Waals surface area contributed by atoms with Crippen molar-refractivity contribution in [2.24, 2.45) is 0 Å². The van der Waals surface area contributed by atoms with Crippen molar-refractivity contribution in [2.45, 2.75) is 58.9 Å². The van der Waals surface area contributed by atoms with Gasteiger partial charge < -0.3 is 9.55 Å². The van der Waals surface area contributed by atoms with E-state index in [1.807, 2.05) is 0 Å². The van der Waals surface area contributed by atoms with Crippen LogP contribution in [0.5, 0.6) is 0 Å². The molecule has 0 amide bonds. The van der Waals surface area contributed by atoms with Crippen LogP contribution < -0.4 is 0 Å². The van der Waals surface area contributed by atoms with Crippen molar-refractivity contribution >= 4 is 12.2 Å². The third kappa shape index (κ3) is 2.71. The summed E-state index contributed by atoms with van der Waals surface area (Å²) in [5, 5.41) is 0. The molecule has 1 aromatic heterocycles. The van der Waals surface area contributed by atoms with E-state index in [2.05, 4.69) is 50.4 Å². The fraction of sp³-hybridized carbons (Fsp3) is 0.750. The monoisotopic (exact) mass is 226 g/mol. The summed E-state index contributed by atoms with van der Waals surface area (Å²) in [4.78, 5) is 3.16. The molecule has 0 bridgehead atoms. The van der Waals surface area contributed by atoms with Gasteiger partial charge in [0, 0.05) is 23.3 Å². The summed E-state index contributed by atoms with van der Waals surface area (Å²) >= 11 is 5.34. The van der Waals surface area contributed by atoms with Crippen LogP contribution in [-0.4, -0.2) is 9.55 Å². The van der Waals surface area contributed by atoms with Gasteiger partial charge in [-0.2, -0.15) is 0 Å². The average Bonchev–Trinajstić information content (AvgIpc) is 2.46. The van der Waals surface area contributed by atoms with E-state index >= 15 is 0 Å². The van der Waals surface area contributed by atoms with Crippen LogP contribution in [0.4, 0.5) is 0 Å². The zero-order valence-electron chi connectivity index (χ0n) is 10.4. The minimum absolute atomic E-state index is 0.148. The predicted octanol–water partition coefficient (Wildman–Crippen LogP) is 4.20. The summed E-state index contributed by atoms with van der Waals surface area (Å²) in [6, 6.07) is 0.489. The molecule has 0 aliphatic carbocycles. The Kier molecular flexibility index (Phi) is 3.77. The van der Waals surface area contributed by atoms with Crippen LogP contribution >= 0.6 is 12.2 Å². The predicted molar refractivity (Wildman–Crippen MR) is 67.9 cm³/mol. The normalized spacial score (nSPS) is 14.2. The van der Waals surface area contributed by atoms with E-state index in [1.54, 1.807) is 0 Å². The van der Waals surface area contributed by atoms with Crippen molar-refractivity contribution in [3.8, 4) is 0 Å². The van der Waals surface area contributed by atoms with E-state index in [9.17, 15) is 0 Å². The zero-order valence-corrected chi connectivity index (χ0v) is 11.2. The molecule has 1 aromatic rings. The van der Waals surface area contributed by atoms with Gasteiger partial charge in [0.2, 0.25) is 0 Å². The topological polar surface area (TPSA) is 20.7 Å². The SMILES string of the molecule is CCCC(C)n1c(C(C)(C)C)c[nH]c1=S. The van der Waals surface area contributed by atoms with Crippen molar-refractivity contribution < 1.29 is 0 Å². The molecule has 0 aliphatic rings. The number of H-pyrrole nitrogens is 1. The highest BCUT2D eigenvalue weighted by Gasteiger charge is 2.21. The van der Waals surface area contributed by atoms with Crippen LogP contribution in [0.15, 0.2) is 6.20 Å². The summed E-state index contributed by atoms with van der Waals surface area (Å²) in [5.74, 6) is 0. The number of hydrogen-bond donors (Lipinski definition) is 1. The molecule has 0 aliphatic heterocycles. The standard InChI is InChI=1S/C12H22N2S/c1-6-7-9(2)14-10(12(3,4)5)8-13-11(14)15/h8-9H,6-7H2,1-5H3,(H,13,15). The van der Waals surface area contributed by atoms with Gasteiger partial charge in [-0.05, 0) is 25.6 Å². The fourth-order valence-electron chi connectivity index (χ4n) is 1.94. The van der Waals surface area contributed by atoms with Gasteiger partial charge in [-0.25, -0.2) is 0 Å². The van der Waals surface area contributed by atoms with Gasteiger partial charge in [-0.15, -0.1) is 0 Å². The second-order valence-electron chi connectivity index (χ2n) is 5.24. The molecule has 86 valence electrons. The number of rotatable bonds is 3. The van der Waals surface area contributed by atoms with Crippen LogP contribution in [-0.2, 0) is 5.41 Å². The third-order valence-electron chi connectivity index (χ3n) is 2.73. The van der Waals surface area contributed by atoms with Crippen molar-refractivity contribution in [1.82, 2.24) is 9.55 Å². The molecule has 15 heavy (non-hydrogen) atoms. The number of hydrogen-bond acceptors (Lipinski definition) is 1. The lowest BCUT2D eigenvalue weighted by Gasteiger charge is -2.24. The Morgan fingerprint density at radius 2 is 2.07 bits per heavy atom. The molecule has 0 spiro atoms. The first-order chi connectivity index (χ1) is 6.88. The van der Waals surface area contributed by atoms with E-state index in [0.717, 1.165) is 4.77 Å². The lowest BCUT2D eigenvalue weighted by atomic mass is 9.92. The summed E-state index contributed by atoms with van der Waals surface area (Å²) in [5.41, 5.74) is 1.45. The Balaban J connectivity index is 3.16. The minimum Gasteiger partial charge on any atom is -0.337 e. The number of aromatic nitrogens is 2. The Labute approximate surface area is 97.7 Å². The largest absolute Gasteiger partial charge is 0.337 e. The van der Waals surface area contributed by atoms with Crippen LogP contribution in [0, 0.1) is 4.77 Å². The molecule has 1 rings (SSSR count). The molecule has 0 saturated heterocycles. The molecular weight excluding hydrogens is 204 g/mol. The van der Waals surface area contributed by atoms with Gasteiger partial charge in [-0.1, -0.05) is 34.1 Å². The first kappa shape index (κ1) is 12.5. The van der Waals surface area contributed by atoms with Gasteiger partial charge in [0.05, 0.1) is 0 Å². The average molecular weight is 226 g/mol. The lowest BCUT2D eigenvalue weighted by molar-refractivity contribution is 0.437. The molecule has 1 atom stereocenters. The summed E-state index contributed by atoms with van der Waals surface area (Å²) in [6.07, 6.45) is 4.42. The number of nitrogens with one attached hydrogen (secondary N) is 1. The van der Waals surface area contributed by atoms with Crippen LogP contribution in [0.25, 0.3) is 0 Å². The van der Waals surface area contributed by atoms with E-state index < -0.39 is 0 Å². The summed E-state index contributed by atoms with van der Waals surface area (Å²) in [7, 11) is 0. The van der Waals surface area contributed by atoms with E-state index in [0.29, 0.717) is 6.04 Å². The quantitative estimate of drug-likeness (QED) is 0.766. The number of nitrogens with zero attached hydrogens (tertiary/aromatic N) is 1. The van der Waals surface area contributed by atoms with Crippen molar-refractivity contribution in [3.05, 3.63) is 16.7 Å². The second-order valence-corrected chi connectivity index (χ2v) is 5.62. The van der Waals surface area contributed by atoms with Crippen LogP contribution in [0.2, 0.25) is 0 Å². The molecular formula is C12H22N2S. The van der Waals surface area contributed by atoms with Crippen LogP contribution in [0.3, 0.4) is 0 Å². The Morgan fingerprint density at radius 1 is 1.47 bits per heavy atom. The highest BCUT2D eigenvalue weighted by Crippen LogP contribution is 2.26. The van der Waals surface area contributed by atoms with Crippen molar-refractivity contribution in [3.63, 3.8) is 0 Å². The third-order valence-corrected chi connectivity index (χ3v) is 3.04. The van der Waals surface area contributed by atoms with Gasteiger partial charge in [0.25, 0.3) is 0 Å². The number of aromatic amines is 1. The smallest absolute Gasteiger partial charge is 0.177 e. The fourth-order valence-corrected chi connectivity index (χ4v) is 2.28. The molecule has 0 radical (unpaired) electrons. The molecule has 1 N–H and O–H groups in total. The molecule has 1 unspecified atom stereocenters. The first-order valence-electron chi connectivity index (χ1n) is 5.68.